The summed E-state index contributed by atoms with van der Waals surface area (Å²) in [6.07, 6.45) is 3.31. The lowest BCUT2D eigenvalue weighted by molar-refractivity contribution is -0.125. The molecule has 1 atom stereocenters. The molecule has 0 bridgehead atoms. The van der Waals surface area contributed by atoms with Crippen LogP contribution in [0.3, 0.4) is 0 Å². The number of nitrogens with one attached hydrogen (secondary N) is 1. The summed E-state index contributed by atoms with van der Waals surface area (Å²) in [6, 6.07) is 7.31. The Morgan fingerprint density at radius 1 is 1.18 bits per heavy atom. The molecule has 1 N–H and O–H groups in total. The SMILES string of the molecule is O=C(Nc1onc2c1CCCC2)[C@@H]1COc2ccccc2O1. The van der Waals surface area contributed by atoms with Crippen LogP contribution in [0.25, 0.3) is 0 Å². The third kappa shape index (κ3) is 2.30. The number of rotatable bonds is 2. The van der Waals surface area contributed by atoms with Crippen molar-refractivity contribution < 1.29 is 18.8 Å². The third-order valence-electron chi connectivity index (χ3n) is 4.00. The van der Waals surface area contributed by atoms with E-state index >= 15 is 0 Å². The van der Waals surface area contributed by atoms with Crippen molar-refractivity contribution in [2.24, 2.45) is 0 Å². The van der Waals surface area contributed by atoms with E-state index in [0.717, 1.165) is 36.9 Å². The summed E-state index contributed by atoms with van der Waals surface area (Å²) in [4.78, 5) is 12.4. The highest BCUT2D eigenvalue weighted by Gasteiger charge is 2.29. The summed E-state index contributed by atoms with van der Waals surface area (Å²) in [5.74, 6) is 1.40. The van der Waals surface area contributed by atoms with Crippen molar-refractivity contribution in [3.8, 4) is 11.5 Å². The Morgan fingerprint density at radius 2 is 2.00 bits per heavy atom. The largest absolute Gasteiger partial charge is 0.485 e. The van der Waals surface area contributed by atoms with E-state index in [0.29, 0.717) is 17.4 Å². The highest BCUT2D eigenvalue weighted by Crippen LogP contribution is 2.32. The number of aromatic nitrogens is 1. The van der Waals surface area contributed by atoms with Gasteiger partial charge in [-0.05, 0) is 37.8 Å². The van der Waals surface area contributed by atoms with Crippen LogP contribution in [0.4, 0.5) is 5.88 Å². The van der Waals surface area contributed by atoms with Gasteiger partial charge in [-0.1, -0.05) is 17.3 Å². The Morgan fingerprint density at radius 3 is 2.91 bits per heavy atom. The lowest BCUT2D eigenvalue weighted by atomic mass is 9.98. The number of carbonyl (C=O) groups is 1. The number of nitrogens with zero attached hydrogens (tertiary/aromatic N) is 1. The van der Waals surface area contributed by atoms with Crippen molar-refractivity contribution >= 4 is 11.8 Å². The molecule has 2 aliphatic rings. The molecule has 2 heterocycles. The van der Waals surface area contributed by atoms with Crippen molar-refractivity contribution in [3.05, 3.63) is 35.5 Å². The molecule has 6 heteroatoms. The zero-order valence-corrected chi connectivity index (χ0v) is 12.0. The summed E-state index contributed by atoms with van der Waals surface area (Å²) in [7, 11) is 0. The van der Waals surface area contributed by atoms with Crippen LogP contribution >= 0.6 is 0 Å². The molecular weight excluding hydrogens is 284 g/mol. The van der Waals surface area contributed by atoms with Crippen LogP contribution in [0.1, 0.15) is 24.1 Å². The van der Waals surface area contributed by atoms with Gasteiger partial charge in [0.15, 0.2) is 11.5 Å². The van der Waals surface area contributed by atoms with E-state index in [1.807, 2.05) is 18.2 Å². The Hall–Kier alpha value is -2.50. The second kappa shape index (κ2) is 5.36. The average molecular weight is 300 g/mol. The summed E-state index contributed by atoms with van der Waals surface area (Å²) >= 11 is 0. The molecule has 1 aromatic carbocycles. The summed E-state index contributed by atoms with van der Waals surface area (Å²) in [6.45, 7) is 0.180. The Kier molecular flexibility index (Phi) is 3.21. The molecule has 0 saturated carbocycles. The number of carbonyl (C=O) groups excluding carboxylic acids is 1. The topological polar surface area (TPSA) is 73.6 Å². The monoisotopic (exact) mass is 300 g/mol. The van der Waals surface area contributed by atoms with Gasteiger partial charge in [0.2, 0.25) is 12.0 Å². The number of para-hydroxylation sites is 2. The van der Waals surface area contributed by atoms with Crippen molar-refractivity contribution in [1.29, 1.82) is 0 Å². The van der Waals surface area contributed by atoms with E-state index in [1.54, 1.807) is 6.07 Å². The van der Waals surface area contributed by atoms with Crippen LogP contribution in [0.2, 0.25) is 0 Å². The minimum atomic E-state index is -0.695. The minimum absolute atomic E-state index is 0.180. The number of fused-ring (bicyclic) bond motifs is 2. The molecule has 0 radical (unpaired) electrons. The van der Waals surface area contributed by atoms with Crippen LogP contribution in [0, 0.1) is 0 Å². The van der Waals surface area contributed by atoms with Crippen LogP contribution in [-0.2, 0) is 17.6 Å². The molecular formula is C16H16N2O4. The normalized spacial score (nSPS) is 19.4. The number of hydrogen-bond acceptors (Lipinski definition) is 5. The fourth-order valence-electron chi connectivity index (χ4n) is 2.83. The first-order valence-corrected chi connectivity index (χ1v) is 7.48. The fraction of sp³-hybridized carbons (Fsp3) is 0.375. The van der Waals surface area contributed by atoms with Crippen LogP contribution < -0.4 is 14.8 Å². The van der Waals surface area contributed by atoms with Gasteiger partial charge in [-0.15, -0.1) is 0 Å². The molecule has 1 aliphatic carbocycles. The molecule has 0 unspecified atom stereocenters. The number of aryl methyl sites for hydroxylation is 1. The lowest BCUT2D eigenvalue weighted by Gasteiger charge is -2.25. The predicted octanol–water partition coefficient (Wildman–Crippen LogP) is 2.33. The van der Waals surface area contributed by atoms with E-state index in [4.69, 9.17) is 14.0 Å². The fourth-order valence-corrected chi connectivity index (χ4v) is 2.83. The Labute approximate surface area is 127 Å². The number of benzene rings is 1. The molecule has 0 spiro atoms. The van der Waals surface area contributed by atoms with E-state index in [9.17, 15) is 4.79 Å². The Balaban J connectivity index is 1.48. The zero-order chi connectivity index (χ0) is 14.9. The zero-order valence-electron chi connectivity index (χ0n) is 12.0. The quantitative estimate of drug-likeness (QED) is 0.921. The van der Waals surface area contributed by atoms with Gasteiger partial charge >= 0.3 is 0 Å². The highest BCUT2D eigenvalue weighted by atomic mass is 16.6. The average Bonchev–Trinajstić information content (AvgIpc) is 2.97. The first kappa shape index (κ1) is 13.2. The number of hydrogen-bond donors (Lipinski definition) is 1. The van der Waals surface area contributed by atoms with Gasteiger partial charge in [0.25, 0.3) is 5.91 Å². The molecule has 1 amide bonds. The van der Waals surface area contributed by atoms with Gasteiger partial charge in [-0.25, -0.2) is 0 Å². The lowest BCUT2D eigenvalue weighted by Crippen LogP contribution is -2.40. The maximum Gasteiger partial charge on any atom is 0.271 e. The Bertz CT molecular complexity index is 710. The van der Waals surface area contributed by atoms with Crippen LogP contribution in [0.15, 0.2) is 28.8 Å². The van der Waals surface area contributed by atoms with Gasteiger partial charge in [-0.2, -0.15) is 0 Å². The van der Waals surface area contributed by atoms with Crippen molar-refractivity contribution in [1.82, 2.24) is 5.16 Å². The maximum absolute atomic E-state index is 12.4. The first-order chi connectivity index (χ1) is 10.8. The van der Waals surface area contributed by atoms with Crippen molar-refractivity contribution in [2.45, 2.75) is 31.8 Å². The first-order valence-electron chi connectivity index (χ1n) is 7.48. The van der Waals surface area contributed by atoms with Gasteiger partial charge in [0, 0.05) is 5.56 Å². The second-order valence-electron chi connectivity index (χ2n) is 5.50. The molecule has 6 nitrogen and oxygen atoms in total. The molecule has 4 rings (SSSR count). The van der Waals surface area contributed by atoms with E-state index in [-0.39, 0.29) is 12.5 Å². The smallest absolute Gasteiger partial charge is 0.271 e. The highest BCUT2D eigenvalue weighted by molar-refractivity contribution is 5.94. The summed E-state index contributed by atoms with van der Waals surface area (Å²) < 4.78 is 16.5. The molecule has 1 aliphatic heterocycles. The number of anilines is 1. The van der Waals surface area contributed by atoms with Crippen LogP contribution in [0.5, 0.6) is 11.5 Å². The van der Waals surface area contributed by atoms with E-state index in [1.165, 1.54) is 0 Å². The minimum Gasteiger partial charge on any atom is -0.485 e. The third-order valence-corrected chi connectivity index (χ3v) is 4.00. The maximum atomic E-state index is 12.4. The van der Waals surface area contributed by atoms with Gasteiger partial charge in [-0.3, -0.25) is 10.1 Å². The van der Waals surface area contributed by atoms with Crippen LogP contribution in [-0.4, -0.2) is 23.8 Å². The van der Waals surface area contributed by atoms with E-state index in [2.05, 4.69) is 10.5 Å². The standard InChI is InChI=1S/C16H16N2O4/c19-15(14-9-20-12-7-3-4-8-13(12)21-14)17-16-10-5-1-2-6-11(10)18-22-16/h3-4,7-8,14H,1-2,5-6,9H2,(H,17,19)/t14-/m0/s1. The van der Waals surface area contributed by atoms with Gasteiger partial charge in [0.05, 0.1) is 5.69 Å². The van der Waals surface area contributed by atoms with Gasteiger partial charge < -0.3 is 14.0 Å². The van der Waals surface area contributed by atoms with E-state index < -0.39 is 6.10 Å². The molecule has 22 heavy (non-hydrogen) atoms. The van der Waals surface area contributed by atoms with Crippen molar-refractivity contribution in [3.63, 3.8) is 0 Å². The summed E-state index contributed by atoms with van der Waals surface area (Å²) in [5.41, 5.74) is 1.96. The molecule has 114 valence electrons. The molecule has 0 fully saturated rings. The van der Waals surface area contributed by atoms with Crippen molar-refractivity contribution in [2.75, 3.05) is 11.9 Å². The predicted molar refractivity (Wildman–Crippen MR) is 78.1 cm³/mol. The molecule has 1 aromatic heterocycles. The molecule has 0 saturated heterocycles. The van der Waals surface area contributed by atoms with Gasteiger partial charge in [0.1, 0.15) is 6.61 Å². The number of amides is 1. The number of ether oxygens (including phenoxy) is 2. The second-order valence-corrected chi connectivity index (χ2v) is 5.50. The summed E-state index contributed by atoms with van der Waals surface area (Å²) in [5, 5.41) is 6.81. The molecule has 2 aromatic rings.